The maximum Gasteiger partial charge on any atom is 0.319 e. The number of nitrogens with one attached hydrogen (secondary N) is 2. The summed E-state index contributed by atoms with van der Waals surface area (Å²) in [4.78, 5) is 34.6. The van der Waals surface area contributed by atoms with Gasteiger partial charge >= 0.3 is 12.0 Å². The molecule has 134 valence electrons. The Bertz CT molecular complexity index is 718. The van der Waals surface area contributed by atoms with Gasteiger partial charge in [0.1, 0.15) is 11.7 Å². The summed E-state index contributed by atoms with van der Waals surface area (Å²) in [6.45, 7) is 5.99. The summed E-state index contributed by atoms with van der Waals surface area (Å²) in [6.07, 6.45) is 0.724. The average Bonchev–Trinajstić information content (AvgIpc) is 2.58. The average molecular weight is 349 g/mol. The molecule has 0 unspecified atom stereocenters. The van der Waals surface area contributed by atoms with Crippen molar-refractivity contribution in [3.05, 3.63) is 46.2 Å². The van der Waals surface area contributed by atoms with Crippen molar-refractivity contribution in [2.75, 3.05) is 13.7 Å². The van der Waals surface area contributed by atoms with E-state index in [9.17, 15) is 19.7 Å². The number of urea groups is 1. The number of carbonyl (C=O) groups is 2. The number of esters is 1. The van der Waals surface area contributed by atoms with Crippen LogP contribution < -0.4 is 15.4 Å². The molecular weight excluding hydrogens is 330 g/mol. The monoisotopic (exact) mass is 349 g/mol. The van der Waals surface area contributed by atoms with E-state index in [0.29, 0.717) is 17.9 Å². The smallest absolute Gasteiger partial charge is 0.319 e. The SMILES string of the molecule is C=C1NC(=O)N[C@H](c2cc([N+](=O)[O-])ccc2OCCC)[C@H]1C(=O)OC. The highest BCUT2D eigenvalue weighted by atomic mass is 16.6. The maximum atomic E-state index is 12.2. The van der Waals surface area contributed by atoms with E-state index in [0.717, 1.165) is 6.42 Å². The van der Waals surface area contributed by atoms with E-state index in [1.165, 1.54) is 25.3 Å². The highest BCUT2D eigenvalue weighted by Crippen LogP contribution is 2.37. The Balaban J connectivity index is 2.54. The van der Waals surface area contributed by atoms with Crippen LogP contribution in [-0.4, -0.2) is 30.6 Å². The number of ether oxygens (including phenoxy) is 2. The van der Waals surface area contributed by atoms with Crippen molar-refractivity contribution in [3.8, 4) is 5.75 Å². The van der Waals surface area contributed by atoms with Gasteiger partial charge in [0.15, 0.2) is 0 Å². The number of non-ortho nitro benzene ring substituents is 1. The third-order valence-electron chi connectivity index (χ3n) is 3.73. The fourth-order valence-corrected chi connectivity index (χ4v) is 2.58. The highest BCUT2D eigenvalue weighted by molar-refractivity contribution is 5.85. The zero-order valence-electron chi connectivity index (χ0n) is 13.9. The molecule has 2 N–H and O–H groups in total. The maximum absolute atomic E-state index is 12.2. The van der Waals surface area contributed by atoms with Crippen molar-refractivity contribution >= 4 is 17.7 Å². The minimum Gasteiger partial charge on any atom is -0.493 e. The van der Waals surface area contributed by atoms with Crippen LogP contribution in [0.15, 0.2) is 30.5 Å². The Labute approximate surface area is 144 Å². The van der Waals surface area contributed by atoms with Gasteiger partial charge in [0.05, 0.1) is 24.7 Å². The number of nitro benzene ring substituents is 1. The summed E-state index contributed by atoms with van der Waals surface area (Å²) in [6, 6.07) is 2.57. The summed E-state index contributed by atoms with van der Waals surface area (Å²) in [7, 11) is 1.21. The number of methoxy groups -OCH3 is 1. The second-order valence-corrected chi connectivity index (χ2v) is 5.43. The highest BCUT2D eigenvalue weighted by Gasteiger charge is 2.40. The second-order valence-electron chi connectivity index (χ2n) is 5.43. The summed E-state index contributed by atoms with van der Waals surface area (Å²) in [5.74, 6) is -1.23. The van der Waals surface area contributed by atoms with E-state index < -0.39 is 28.9 Å². The molecule has 9 nitrogen and oxygen atoms in total. The molecule has 1 heterocycles. The molecule has 0 aromatic heterocycles. The first-order chi connectivity index (χ1) is 11.9. The zero-order valence-corrected chi connectivity index (χ0v) is 13.9. The van der Waals surface area contributed by atoms with Gasteiger partial charge in [-0.05, 0) is 12.5 Å². The number of rotatable bonds is 6. The lowest BCUT2D eigenvalue weighted by atomic mass is 9.88. The van der Waals surface area contributed by atoms with Crippen LogP contribution in [0.5, 0.6) is 5.75 Å². The molecule has 0 spiro atoms. The van der Waals surface area contributed by atoms with Crippen LogP contribution >= 0.6 is 0 Å². The van der Waals surface area contributed by atoms with Gasteiger partial charge in [0.25, 0.3) is 5.69 Å². The minimum atomic E-state index is -0.950. The molecule has 2 amide bonds. The van der Waals surface area contributed by atoms with Crippen molar-refractivity contribution < 1.29 is 24.0 Å². The first-order valence-electron chi connectivity index (χ1n) is 7.64. The number of benzene rings is 1. The third-order valence-corrected chi connectivity index (χ3v) is 3.73. The second kappa shape index (κ2) is 7.65. The minimum absolute atomic E-state index is 0.147. The Morgan fingerprint density at radius 3 is 2.76 bits per heavy atom. The lowest BCUT2D eigenvalue weighted by Crippen LogP contribution is -2.51. The van der Waals surface area contributed by atoms with Crippen LogP contribution in [0.2, 0.25) is 0 Å². The van der Waals surface area contributed by atoms with Gasteiger partial charge in [0, 0.05) is 23.4 Å². The molecule has 1 aliphatic rings. The van der Waals surface area contributed by atoms with Gasteiger partial charge in [0.2, 0.25) is 0 Å². The quantitative estimate of drug-likeness (QED) is 0.461. The third kappa shape index (κ3) is 3.87. The molecule has 0 saturated carbocycles. The van der Waals surface area contributed by atoms with Crippen LogP contribution in [0, 0.1) is 16.0 Å². The standard InChI is InChI=1S/C16H19N3O6/c1-4-7-25-12-6-5-10(19(22)23)8-11(12)14-13(15(20)24-3)9(2)17-16(21)18-14/h5-6,8,13-14H,2,4,7H2,1,3H3,(H2,17,18,21)/t13-,14+/m0/s1. The fourth-order valence-electron chi connectivity index (χ4n) is 2.58. The number of hydrogen-bond acceptors (Lipinski definition) is 6. The van der Waals surface area contributed by atoms with Gasteiger partial charge in [-0.3, -0.25) is 14.9 Å². The number of amides is 2. The van der Waals surface area contributed by atoms with Gasteiger partial charge in [-0.1, -0.05) is 13.5 Å². The van der Waals surface area contributed by atoms with Gasteiger partial charge in [-0.2, -0.15) is 0 Å². The summed E-state index contributed by atoms with van der Waals surface area (Å²) >= 11 is 0. The lowest BCUT2D eigenvalue weighted by molar-refractivity contribution is -0.385. The van der Waals surface area contributed by atoms with Crippen molar-refractivity contribution in [3.63, 3.8) is 0 Å². The predicted octanol–water partition coefficient (Wildman–Crippen LogP) is 2.04. The predicted molar refractivity (Wildman–Crippen MR) is 87.9 cm³/mol. The van der Waals surface area contributed by atoms with E-state index in [4.69, 9.17) is 9.47 Å². The Hall–Kier alpha value is -3.10. The molecule has 2 atom stereocenters. The van der Waals surface area contributed by atoms with E-state index in [1.54, 1.807) is 0 Å². The molecule has 1 aliphatic heterocycles. The van der Waals surface area contributed by atoms with E-state index in [1.807, 2.05) is 6.92 Å². The van der Waals surface area contributed by atoms with E-state index >= 15 is 0 Å². The van der Waals surface area contributed by atoms with Crippen LogP contribution in [0.1, 0.15) is 24.9 Å². The molecule has 0 aliphatic carbocycles. The first kappa shape index (κ1) is 18.2. The lowest BCUT2D eigenvalue weighted by Gasteiger charge is -2.33. The van der Waals surface area contributed by atoms with Crippen LogP contribution in [-0.2, 0) is 9.53 Å². The van der Waals surface area contributed by atoms with Crippen molar-refractivity contribution in [2.45, 2.75) is 19.4 Å². The molecule has 1 aromatic carbocycles. The van der Waals surface area contributed by atoms with E-state index in [-0.39, 0.29) is 11.4 Å². The molecule has 25 heavy (non-hydrogen) atoms. The van der Waals surface area contributed by atoms with Crippen molar-refractivity contribution in [1.29, 1.82) is 0 Å². The number of nitrogens with zero attached hydrogens (tertiary/aromatic N) is 1. The molecule has 1 saturated heterocycles. The van der Waals surface area contributed by atoms with Crippen LogP contribution in [0.4, 0.5) is 10.5 Å². The molecular formula is C16H19N3O6. The Kier molecular flexibility index (Phi) is 5.58. The molecule has 1 aromatic rings. The molecule has 0 bridgehead atoms. The molecule has 2 rings (SSSR count). The van der Waals surface area contributed by atoms with Crippen molar-refractivity contribution in [1.82, 2.24) is 10.6 Å². The Morgan fingerprint density at radius 1 is 1.44 bits per heavy atom. The van der Waals surface area contributed by atoms with E-state index in [2.05, 4.69) is 17.2 Å². The molecule has 9 heteroatoms. The molecule has 1 fully saturated rings. The van der Waals surface area contributed by atoms with Gasteiger partial charge < -0.3 is 20.1 Å². The van der Waals surface area contributed by atoms with Gasteiger partial charge in [-0.15, -0.1) is 0 Å². The molecule has 0 radical (unpaired) electrons. The first-order valence-corrected chi connectivity index (χ1v) is 7.64. The van der Waals surface area contributed by atoms with Crippen molar-refractivity contribution in [2.24, 2.45) is 5.92 Å². The van der Waals surface area contributed by atoms with Gasteiger partial charge in [-0.25, -0.2) is 4.79 Å². The van der Waals surface area contributed by atoms with Crippen LogP contribution in [0.3, 0.4) is 0 Å². The summed E-state index contributed by atoms with van der Waals surface area (Å²) in [5, 5.41) is 16.1. The largest absolute Gasteiger partial charge is 0.493 e. The van der Waals surface area contributed by atoms with Crippen LogP contribution in [0.25, 0.3) is 0 Å². The topological polar surface area (TPSA) is 120 Å². The summed E-state index contributed by atoms with van der Waals surface area (Å²) in [5.41, 5.74) is 0.281. The zero-order chi connectivity index (χ0) is 18.6. The number of carbonyl (C=O) groups excluding carboxylic acids is 2. The fraction of sp³-hybridized carbons (Fsp3) is 0.375. The number of nitro groups is 1. The number of hydrogen-bond donors (Lipinski definition) is 2. The normalized spacial score (nSPS) is 19.6. The summed E-state index contributed by atoms with van der Waals surface area (Å²) < 4.78 is 10.4. The Morgan fingerprint density at radius 2 is 2.16 bits per heavy atom.